The van der Waals surface area contributed by atoms with Gasteiger partial charge in [-0.05, 0) is 114 Å². The van der Waals surface area contributed by atoms with Crippen molar-refractivity contribution in [1.29, 1.82) is 0 Å². The normalized spacial score (nSPS) is 34.2. The predicted octanol–water partition coefficient (Wildman–Crippen LogP) is 5.05. The number of amides is 1. The average molecular weight is 623 g/mol. The summed E-state index contributed by atoms with van der Waals surface area (Å²) >= 11 is 1.95. The number of anilines is 2. The van der Waals surface area contributed by atoms with Crippen molar-refractivity contribution in [3.05, 3.63) is 56.9 Å². The van der Waals surface area contributed by atoms with Crippen LogP contribution in [0.25, 0.3) is 0 Å². The molecule has 1 heterocycles. The summed E-state index contributed by atoms with van der Waals surface area (Å²) in [5, 5.41) is 17.4. The number of hydrogen-bond donors (Lipinski definition) is 3. The Kier molecular flexibility index (Phi) is 5.45. The molecule has 7 rings (SSSR count). The molecule has 2 aromatic rings. The van der Waals surface area contributed by atoms with E-state index in [1.165, 1.54) is 55.2 Å². The molecular weight excluding hydrogens is 594 g/mol. The van der Waals surface area contributed by atoms with E-state index < -0.39 is 34.6 Å². The summed E-state index contributed by atoms with van der Waals surface area (Å²) in [6.45, 7) is 0.623. The zero-order chi connectivity index (χ0) is 25.7. The van der Waals surface area contributed by atoms with Crippen molar-refractivity contribution in [2.45, 2.75) is 43.7 Å². The molecule has 0 aromatic heterocycles. The molecule has 5 nitrogen and oxygen atoms in total. The molecule has 4 aliphatic carbocycles. The molecule has 1 spiro atoms. The number of nitrogens with zero attached hydrogens (tertiary/aromatic N) is 1. The topological polar surface area (TPSA) is 64.6 Å². The van der Waals surface area contributed by atoms with Gasteiger partial charge in [0.15, 0.2) is 11.6 Å². The highest BCUT2D eigenvalue weighted by Gasteiger charge is 2.70. The second-order valence-corrected chi connectivity index (χ2v) is 13.3. The van der Waals surface area contributed by atoms with Crippen LogP contribution in [0, 0.1) is 50.1 Å². The number of rotatable bonds is 6. The van der Waals surface area contributed by atoms with Crippen molar-refractivity contribution < 1.29 is 23.1 Å². The molecule has 6 atom stereocenters. The van der Waals surface area contributed by atoms with Crippen LogP contribution >= 0.6 is 22.6 Å². The Balaban J connectivity index is 1.03. The van der Waals surface area contributed by atoms with Crippen LogP contribution in [0.3, 0.4) is 0 Å². The molecule has 0 radical (unpaired) electrons. The van der Waals surface area contributed by atoms with Crippen molar-refractivity contribution in [3.8, 4) is 0 Å². The van der Waals surface area contributed by atoms with Gasteiger partial charge in [0.05, 0.1) is 30.0 Å². The maximum absolute atomic E-state index is 14.8. The second-order valence-electron chi connectivity index (χ2n) is 12.1. The van der Waals surface area contributed by atoms with Crippen LogP contribution < -0.4 is 10.6 Å². The highest BCUT2D eigenvalue weighted by atomic mass is 127. The van der Waals surface area contributed by atoms with Gasteiger partial charge in [-0.25, -0.2) is 13.2 Å². The highest BCUT2D eigenvalue weighted by Crippen LogP contribution is 2.75. The number of benzene rings is 2. The molecule has 196 valence electrons. The summed E-state index contributed by atoms with van der Waals surface area (Å²) in [6, 6.07) is 6.83. The minimum Gasteiger partial charge on any atom is -0.385 e. The fraction of sp³-hybridized carbons (Fsp3) is 0.536. The van der Waals surface area contributed by atoms with Crippen LogP contribution in [0.15, 0.2) is 30.3 Å². The summed E-state index contributed by atoms with van der Waals surface area (Å²) < 4.78 is 43.9. The number of fused-ring (bicyclic) bond motifs is 2. The molecule has 2 aromatic carbocycles. The van der Waals surface area contributed by atoms with Gasteiger partial charge in [-0.2, -0.15) is 0 Å². The third-order valence-corrected chi connectivity index (χ3v) is 10.7. The first kappa shape index (κ1) is 24.2. The van der Waals surface area contributed by atoms with Gasteiger partial charge < -0.3 is 20.6 Å². The number of aliphatic hydroxyl groups is 1. The zero-order valence-electron chi connectivity index (χ0n) is 20.2. The van der Waals surface area contributed by atoms with E-state index >= 15 is 0 Å². The Morgan fingerprint density at radius 2 is 1.89 bits per heavy atom. The van der Waals surface area contributed by atoms with Gasteiger partial charge in [-0.3, -0.25) is 4.79 Å². The Morgan fingerprint density at radius 3 is 2.68 bits per heavy atom. The number of hydrogen-bond acceptors (Lipinski definition) is 4. The number of halogens is 4. The molecule has 5 aliphatic rings. The van der Waals surface area contributed by atoms with Gasteiger partial charge in [0.2, 0.25) is 0 Å². The van der Waals surface area contributed by atoms with Gasteiger partial charge in [0.25, 0.3) is 5.91 Å². The lowest BCUT2D eigenvalue weighted by atomic mass is 9.55. The SMILES string of the molecule is O=C(c1ccc(F)c(F)c1Nc1ccc(I)cc1F)N1CC(O)(CNC2[C@@H]3C[C@H]4C[C@@H]5C[C@@H]2C5(C4)C3)C1. The lowest BCUT2D eigenvalue weighted by Crippen LogP contribution is -2.68. The Morgan fingerprint density at radius 1 is 1.08 bits per heavy atom. The van der Waals surface area contributed by atoms with E-state index in [-0.39, 0.29) is 24.3 Å². The molecule has 5 fully saturated rings. The summed E-state index contributed by atoms with van der Waals surface area (Å²) in [6.07, 6.45) is 6.73. The predicted molar refractivity (Wildman–Crippen MR) is 141 cm³/mol. The standard InChI is InChI=1S/C28H29F3IN3O2/c29-20-3-2-18(25(23(20)31)34-22-4-1-17(32)8-21(22)30)26(36)35-12-27(37,13-35)11-33-24-15-5-14-6-16-7-19(24)28(16,9-14)10-15/h1-4,8,14-16,19,24,33-34,37H,5-7,9-13H2/t14-,15+,16+,19-,24?,28?/m0/s1. The molecule has 37 heavy (non-hydrogen) atoms. The van der Waals surface area contributed by atoms with Crippen molar-refractivity contribution in [2.24, 2.45) is 29.1 Å². The minimum absolute atomic E-state index is 0.0588. The van der Waals surface area contributed by atoms with E-state index in [1.807, 2.05) is 22.6 Å². The van der Waals surface area contributed by atoms with Gasteiger partial charge in [-0.1, -0.05) is 0 Å². The van der Waals surface area contributed by atoms with Crippen LogP contribution in [-0.4, -0.2) is 47.2 Å². The highest BCUT2D eigenvalue weighted by molar-refractivity contribution is 14.1. The molecular formula is C28H29F3IN3O2. The fourth-order valence-electron chi connectivity index (χ4n) is 8.56. The first-order valence-corrected chi connectivity index (χ1v) is 14.2. The van der Waals surface area contributed by atoms with Crippen LogP contribution in [0.1, 0.15) is 42.5 Å². The van der Waals surface area contributed by atoms with E-state index in [0.29, 0.717) is 33.4 Å². The Hall–Kier alpha value is -1.85. The summed E-state index contributed by atoms with van der Waals surface area (Å²) in [5.41, 5.74) is -1.07. The van der Waals surface area contributed by atoms with Crippen molar-refractivity contribution in [2.75, 3.05) is 25.0 Å². The van der Waals surface area contributed by atoms with Crippen molar-refractivity contribution >= 4 is 39.9 Å². The smallest absolute Gasteiger partial charge is 0.256 e. The van der Waals surface area contributed by atoms with Crippen LogP contribution in [0.2, 0.25) is 0 Å². The third-order valence-electron chi connectivity index (χ3n) is 10.0. The molecule has 1 saturated heterocycles. The van der Waals surface area contributed by atoms with E-state index in [4.69, 9.17) is 0 Å². The number of β-amino-alcohol motifs (C(OH)–C–C–N with tert-alkyl or cyclic N) is 1. The maximum Gasteiger partial charge on any atom is 0.256 e. The van der Waals surface area contributed by atoms with E-state index in [1.54, 1.807) is 6.07 Å². The summed E-state index contributed by atoms with van der Waals surface area (Å²) in [7, 11) is 0. The first-order chi connectivity index (χ1) is 17.7. The van der Waals surface area contributed by atoms with Crippen molar-refractivity contribution in [1.82, 2.24) is 10.2 Å². The number of carbonyl (C=O) groups excluding carboxylic acids is 1. The van der Waals surface area contributed by atoms with Gasteiger partial charge in [0.1, 0.15) is 11.4 Å². The van der Waals surface area contributed by atoms with Gasteiger partial charge in [0, 0.05) is 16.2 Å². The van der Waals surface area contributed by atoms with Crippen molar-refractivity contribution in [3.63, 3.8) is 0 Å². The van der Waals surface area contributed by atoms with Gasteiger partial charge in [-0.15, -0.1) is 0 Å². The maximum atomic E-state index is 14.8. The monoisotopic (exact) mass is 623 g/mol. The average Bonchev–Trinajstić information content (AvgIpc) is 3.13. The Labute approximate surface area is 227 Å². The lowest BCUT2D eigenvalue weighted by molar-refractivity contribution is -0.0836. The lowest BCUT2D eigenvalue weighted by Gasteiger charge is -2.51. The minimum atomic E-state index is -1.25. The molecule has 1 amide bonds. The molecule has 9 heteroatoms. The van der Waals surface area contributed by atoms with E-state index in [9.17, 15) is 23.1 Å². The quantitative estimate of drug-likeness (QED) is 0.395. The van der Waals surface area contributed by atoms with E-state index in [2.05, 4.69) is 10.6 Å². The van der Waals surface area contributed by atoms with E-state index in [0.717, 1.165) is 17.9 Å². The number of likely N-dealkylation sites (tertiary alicyclic amines) is 1. The Bertz CT molecular complexity index is 1300. The van der Waals surface area contributed by atoms with Gasteiger partial charge >= 0.3 is 0 Å². The molecule has 3 N–H and O–H groups in total. The number of nitrogens with one attached hydrogen (secondary N) is 2. The molecule has 3 bridgehead atoms. The van der Waals surface area contributed by atoms with Crippen LogP contribution in [-0.2, 0) is 0 Å². The second kappa shape index (κ2) is 8.32. The summed E-state index contributed by atoms with van der Waals surface area (Å²) in [4.78, 5) is 14.7. The first-order valence-electron chi connectivity index (χ1n) is 13.1. The summed E-state index contributed by atoms with van der Waals surface area (Å²) in [5.74, 6) is -0.363. The molecule has 2 unspecified atom stereocenters. The third kappa shape index (κ3) is 3.66. The molecule has 4 saturated carbocycles. The zero-order valence-corrected chi connectivity index (χ0v) is 22.4. The largest absolute Gasteiger partial charge is 0.385 e. The number of carbonyl (C=O) groups is 1. The molecule has 1 aliphatic heterocycles. The van der Waals surface area contributed by atoms with Crippen LogP contribution in [0.5, 0.6) is 0 Å². The fourth-order valence-corrected chi connectivity index (χ4v) is 9.01. The van der Waals surface area contributed by atoms with Crippen LogP contribution in [0.4, 0.5) is 24.5 Å².